The lowest BCUT2D eigenvalue weighted by Crippen LogP contribution is -2.31. The molecule has 0 saturated heterocycles. The summed E-state index contributed by atoms with van der Waals surface area (Å²) in [5, 5.41) is 0. The summed E-state index contributed by atoms with van der Waals surface area (Å²) in [6.45, 7) is 3.51. The maximum absolute atomic E-state index is 13.1. The van der Waals surface area contributed by atoms with Crippen LogP contribution in [0.15, 0.2) is 71.6 Å². The van der Waals surface area contributed by atoms with E-state index in [-0.39, 0.29) is 17.3 Å². The van der Waals surface area contributed by atoms with Gasteiger partial charge in [0.1, 0.15) is 0 Å². The van der Waals surface area contributed by atoms with E-state index in [1.165, 1.54) is 12.1 Å². The number of anilines is 1. The van der Waals surface area contributed by atoms with Crippen molar-refractivity contribution in [2.45, 2.75) is 24.8 Å². The number of hydrogen-bond donors (Lipinski definition) is 1. The third kappa shape index (κ3) is 5.94. The third-order valence-electron chi connectivity index (χ3n) is 5.48. The fraction of sp³-hybridized carbons (Fsp3) is 0.222. The molecular formula is C27H26N2O5S. The molecule has 0 radical (unpaired) electrons. The number of rotatable bonds is 7. The second kappa shape index (κ2) is 10.5. The summed E-state index contributed by atoms with van der Waals surface area (Å²) in [4.78, 5) is 14.7. The molecule has 0 aliphatic carbocycles. The standard InChI is InChI=1S/C27H26N2O5S/c1-3-15-29(19-21-7-5-20(2)6-8-21)27(30)22-9-11-23(12-10-22)28-35(31,32)24-13-14-25-26(18-24)34-17-4-16-33-25/h1,5-14,18,28H,4,15-17,19H2,2H3. The zero-order valence-corrected chi connectivity index (χ0v) is 20.2. The second-order valence-corrected chi connectivity index (χ2v) is 9.88. The average Bonchev–Trinajstić information content (AvgIpc) is 3.10. The van der Waals surface area contributed by atoms with Crippen LogP contribution in [0.2, 0.25) is 0 Å². The molecule has 0 fully saturated rings. The number of terminal acetylenes is 1. The largest absolute Gasteiger partial charge is 0.490 e. The highest BCUT2D eigenvalue weighted by Crippen LogP contribution is 2.32. The van der Waals surface area contributed by atoms with Crippen molar-refractivity contribution in [1.29, 1.82) is 0 Å². The van der Waals surface area contributed by atoms with Crippen molar-refractivity contribution in [3.8, 4) is 23.8 Å². The molecular weight excluding hydrogens is 464 g/mol. The summed E-state index contributed by atoms with van der Waals surface area (Å²) in [5.74, 6) is 3.21. The lowest BCUT2D eigenvalue weighted by atomic mass is 10.1. The molecule has 1 amide bonds. The van der Waals surface area contributed by atoms with Gasteiger partial charge < -0.3 is 14.4 Å². The number of carbonyl (C=O) groups excluding carboxylic acids is 1. The van der Waals surface area contributed by atoms with Gasteiger partial charge in [-0.2, -0.15) is 0 Å². The van der Waals surface area contributed by atoms with Crippen LogP contribution >= 0.6 is 0 Å². The van der Waals surface area contributed by atoms with Crippen LogP contribution in [0.25, 0.3) is 0 Å². The van der Waals surface area contributed by atoms with E-state index in [0.717, 1.165) is 17.5 Å². The number of ether oxygens (including phenoxy) is 2. The predicted molar refractivity (Wildman–Crippen MR) is 134 cm³/mol. The molecule has 0 spiro atoms. The number of fused-ring (bicyclic) bond motifs is 1. The van der Waals surface area contributed by atoms with E-state index in [1.54, 1.807) is 35.2 Å². The zero-order valence-electron chi connectivity index (χ0n) is 19.4. The first-order valence-corrected chi connectivity index (χ1v) is 12.6. The van der Waals surface area contributed by atoms with Crippen molar-refractivity contribution in [2.75, 3.05) is 24.5 Å². The van der Waals surface area contributed by atoms with Crippen LogP contribution in [-0.2, 0) is 16.6 Å². The highest BCUT2D eigenvalue weighted by Gasteiger charge is 2.20. The van der Waals surface area contributed by atoms with Gasteiger partial charge in [0, 0.05) is 30.3 Å². The monoisotopic (exact) mass is 490 g/mol. The Balaban J connectivity index is 1.47. The molecule has 1 N–H and O–H groups in total. The topological polar surface area (TPSA) is 84.9 Å². The number of nitrogens with zero attached hydrogens (tertiary/aromatic N) is 1. The first kappa shape index (κ1) is 24.2. The van der Waals surface area contributed by atoms with Crippen molar-refractivity contribution in [3.05, 3.63) is 83.4 Å². The van der Waals surface area contributed by atoms with Crippen LogP contribution in [0, 0.1) is 19.3 Å². The number of benzene rings is 3. The van der Waals surface area contributed by atoms with Crippen molar-refractivity contribution >= 4 is 21.6 Å². The van der Waals surface area contributed by atoms with Crippen molar-refractivity contribution < 1.29 is 22.7 Å². The van der Waals surface area contributed by atoms with Gasteiger partial charge in [-0.15, -0.1) is 6.42 Å². The fourth-order valence-corrected chi connectivity index (χ4v) is 4.69. The molecule has 0 unspecified atom stereocenters. The zero-order chi connectivity index (χ0) is 24.8. The number of aryl methyl sites for hydroxylation is 1. The molecule has 1 aliphatic rings. The Morgan fingerprint density at radius 2 is 1.69 bits per heavy atom. The maximum atomic E-state index is 13.1. The van der Waals surface area contributed by atoms with Crippen LogP contribution in [0.3, 0.4) is 0 Å². The smallest absolute Gasteiger partial charge is 0.262 e. The molecule has 8 heteroatoms. The van der Waals surface area contributed by atoms with Gasteiger partial charge in [-0.3, -0.25) is 9.52 Å². The van der Waals surface area contributed by atoms with Gasteiger partial charge in [0.15, 0.2) is 11.5 Å². The SMILES string of the molecule is C#CCN(Cc1ccc(C)cc1)C(=O)c1ccc(NS(=O)(=O)c2ccc3c(c2)OCCCO3)cc1. The lowest BCUT2D eigenvalue weighted by Gasteiger charge is -2.21. The Morgan fingerprint density at radius 1 is 1.00 bits per heavy atom. The van der Waals surface area contributed by atoms with Gasteiger partial charge in [0.25, 0.3) is 15.9 Å². The Bertz CT molecular complexity index is 1340. The first-order valence-electron chi connectivity index (χ1n) is 11.2. The van der Waals surface area contributed by atoms with Crippen LogP contribution < -0.4 is 14.2 Å². The third-order valence-corrected chi connectivity index (χ3v) is 6.86. The molecule has 3 aromatic rings. The van der Waals surface area contributed by atoms with E-state index in [0.29, 0.717) is 42.5 Å². The van der Waals surface area contributed by atoms with E-state index in [2.05, 4.69) is 10.6 Å². The van der Waals surface area contributed by atoms with Crippen LogP contribution in [0.5, 0.6) is 11.5 Å². The lowest BCUT2D eigenvalue weighted by molar-refractivity contribution is 0.0766. The van der Waals surface area contributed by atoms with E-state index >= 15 is 0 Å². The minimum absolute atomic E-state index is 0.0557. The molecule has 1 aliphatic heterocycles. The van der Waals surface area contributed by atoms with Crippen LogP contribution in [0.4, 0.5) is 5.69 Å². The van der Waals surface area contributed by atoms with E-state index < -0.39 is 10.0 Å². The first-order chi connectivity index (χ1) is 16.9. The Kier molecular flexibility index (Phi) is 7.28. The predicted octanol–water partition coefficient (Wildman–Crippen LogP) is 4.23. The molecule has 1 heterocycles. The number of amides is 1. The molecule has 0 bridgehead atoms. The summed E-state index contributed by atoms with van der Waals surface area (Å²) in [5.41, 5.74) is 2.84. The van der Waals surface area contributed by atoms with Crippen molar-refractivity contribution in [2.24, 2.45) is 0 Å². The van der Waals surface area contributed by atoms with Crippen LogP contribution in [0.1, 0.15) is 27.9 Å². The Labute approximate surface area is 205 Å². The normalized spacial score (nSPS) is 12.8. The van der Waals surface area contributed by atoms with Crippen LogP contribution in [-0.4, -0.2) is 39.0 Å². The van der Waals surface area contributed by atoms with Gasteiger partial charge in [0.05, 0.1) is 24.7 Å². The highest BCUT2D eigenvalue weighted by atomic mass is 32.2. The molecule has 180 valence electrons. The number of nitrogens with one attached hydrogen (secondary N) is 1. The van der Waals surface area contributed by atoms with Crippen molar-refractivity contribution in [3.63, 3.8) is 0 Å². The second-order valence-electron chi connectivity index (χ2n) is 8.19. The summed E-state index contributed by atoms with van der Waals surface area (Å²) < 4.78 is 39.5. The highest BCUT2D eigenvalue weighted by molar-refractivity contribution is 7.92. The quantitative estimate of drug-likeness (QED) is 0.501. The maximum Gasteiger partial charge on any atom is 0.262 e. The Hall–Kier alpha value is -3.96. The van der Waals surface area contributed by atoms with E-state index in [4.69, 9.17) is 15.9 Å². The molecule has 4 rings (SSSR count). The molecule has 0 aromatic heterocycles. The molecule has 0 atom stereocenters. The molecule has 3 aromatic carbocycles. The summed E-state index contributed by atoms with van der Waals surface area (Å²) >= 11 is 0. The van der Waals surface area contributed by atoms with Gasteiger partial charge in [-0.1, -0.05) is 35.7 Å². The summed E-state index contributed by atoms with van der Waals surface area (Å²) in [7, 11) is -3.87. The van der Waals surface area contributed by atoms with Gasteiger partial charge in [-0.25, -0.2) is 8.42 Å². The number of carbonyl (C=O) groups is 1. The average molecular weight is 491 g/mol. The molecule has 35 heavy (non-hydrogen) atoms. The van der Waals surface area contributed by atoms with Gasteiger partial charge >= 0.3 is 0 Å². The fourth-order valence-electron chi connectivity index (χ4n) is 3.61. The minimum Gasteiger partial charge on any atom is -0.490 e. The molecule has 7 nitrogen and oxygen atoms in total. The summed E-state index contributed by atoms with van der Waals surface area (Å²) in [6, 6.07) is 18.6. The van der Waals surface area contributed by atoms with E-state index in [1.807, 2.05) is 31.2 Å². The van der Waals surface area contributed by atoms with E-state index in [9.17, 15) is 13.2 Å². The summed E-state index contributed by atoms with van der Waals surface area (Å²) in [6.07, 6.45) is 6.21. The number of hydrogen-bond acceptors (Lipinski definition) is 5. The van der Waals surface area contributed by atoms with Crippen molar-refractivity contribution in [1.82, 2.24) is 4.90 Å². The molecule has 0 saturated carbocycles. The number of sulfonamides is 1. The van der Waals surface area contributed by atoms with Gasteiger partial charge in [0.2, 0.25) is 0 Å². The Morgan fingerprint density at radius 3 is 2.37 bits per heavy atom. The minimum atomic E-state index is -3.87. The van der Waals surface area contributed by atoms with Gasteiger partial charge in [-0.05, 0) is 48.9 Å².